The maximum Gasteiger partial charge on any atom is -0.0324 e. The average molecular weight is 357 g/mol. The molecule has 0 heterocycles. The average Bonchev–Trinajstić information content (AvgIpc) is 2.73. The topological polar surface area (TPSA) is 0 Å². The summed E-state index contributed by atoms with van der Waals surface area (Å²) in [6.07, 6.45) is 28.5. The van der Waals surface area contributed by atoms with Crippen molar-refractivity contribution >= 4 is 0 Å². The zero-order valence-corrected chi connectivity index (χ0v) is 17.3. The van der Waals surface area contributed by atoms with E-state index < -0.39 is 0 Å². The molecule has 5 rings (SSSR count). The van der Waals surface area contributed by atoms with E-state index in [1.54, 1.807) is 103 Å². The van der Waals surface area contributed by atoms with Gasteiger partial charge in [0.2, 0.25) is 0 Å². The van der Waals surface area contributed by atoms with Crippen molar-refractivity contribution in [3.8, 4) is 0 Å². The van der Waals surface area contributed by atoms with E-state index in [2.05, 4.69) is 0 Å². The molecule has 0 aromatic rings. The van der Waals surface area contributed by atoms with Crippen molar-refractivity contribution in [1.29, 1.82) is 0 Å². The Morgan fingerprint density at radius 2 is 0.538 bits per heavy atom. The standard InChI is InChI=1S/C26H44/c1-3-11-19(12-4-1)25-21-15-7-9-17-23(21)26(20-13-5-2-6-14-20)24-18-10-8-16-22(24)25/h19-26H,1-18H2. The SMILES string of the molecule is C1CCC(C2C3CCCCC3C(C3CCCCC3)C3CCCCC32)CC1. The quantitative estimate of drug-likeness (QED) is 0.470. The lowest BCUT2D eigenvalue weighted by molar-refractivity contribution is -0.111. The lowest BCUT2D eigenvalue weighted by Crippen LogP contribution is -2.53. The predicted molar refractivity (Wildman–Crippen MR) is 111 cm³/mol. The van der Waals surface area contributed by atoms with Crippen LogP contribution in [0.2, 0.25) is 0 Å². The highest BCUT2D eigenvalue weighted by Gasteiger charge is 2.54. The summed E-state index contributed by atoms with van der Waals surface area (Å²) in [5, 5.41) is 0. The lowest BCUT2D eigenvalue weighted by atomic mass is 9.45. The molecule has 0 aliphatic heterocycles. The minimum atomic E-state index is 1.13. The third kappa shape index (κ3) is 3.30. The summed E-state index contributed by atoms with van der Waals surface area (Å²) in [6.45, 7) is 0. The van der Waals surface area contributed by atoms with Crippen LogP contribution in [0, 0.1) is 47.3 Å². The van der Waals surface area contributed by atoms with Crippen molar-refractivity contribution in [1.82, 2.24) is 0 Å². The second kappa shape index (κ2) is 8.16. The van der Waals surface area contributed by atoms with E-state index in [1.165, 1.54) is 12.8 Å². The first-order valence-electron chi connectivity index (χ1n) is 12.9. The molecule has 5 fully saturated rings. The van der Waals surface area contributed by atoms with Crippen LogP contribution < -0.4 is 0 Å². The van der Waals surface area contributed by atoms with Crippen LogP contribution in [0.3, 0.4) is 0 Å². The van der Waals surface area contributed by atoms with E-state index in [0.29, 0.717) is 0 Å². The van der Waals surface area contributed by atoms with Gasteiger partial charge in [0, 0.05) is 0 Å². The smallest absolute Gasteiger partial charge is 0.0324 e. The number of rotatable bonds is 2. The molecule has 0 spiro atoms. The molecule has 148 valence electrons. The molecule has 0 nitrogen and oxygen atoms in total. The van der Waals surface area contributed by atoms with Crippen molar-refractivity contribution in [2.24, 2.45) is 47.3 Å². The molecular weight excluding hydrogens is 312 g/mol. The number of hydrogen-bond donors (Lipinski definition) is 0. The van der Waals surface area contributed by atoms with Gasteiger partial charge in [0.1, 0.15) is 0 Å². The fraction of sp³-hybridized carbons (Fsp3) is 1.00. The van der Waals surface area contributed by atoms with Gasteiger partial charge in [-0.3, -0.25) is 0 Å². The molecule has 26 heavy (non-hydrogen) atoms. The molecule has 0 N–H and O–H groups in total. The van der Waals surface area contributed by atoms with Gasteiger partial charge < -0.3 is 0 Å². The molecule has 0 heteroatoms. The minimum Gasteiger partial charge on any atom is -0.0533 e. The zero-order valence-electron chi connectivity index (χ0n) is 17.3. The summed E-state index contributed by atoms with van der Waals surface area (Å²) in [5.41, 5.74) is 0. The van der Waals surface area contributed by atoms with Crippen LogP contribution in [0.25, 0.3) is 0 Å². The summed E-state index contributed by atoms with van der Waals surface area (Å²) in [7, 11) is 0. The molecule has 0 aromatic carbocycles. The van der Waals surface area contributed by atoms with E-state index in [4.69, 9.17) is 0 Å². The van der Waals surface area contributed by atoms with Crippen LogP contribution in [0.15, 0.2) is 0 Å². The molecule has 0 aromatic heterocycles. The van der Waals surface area contributed by atoms with E-state index in [0.717, 1.165) is 47.3 Å². The van der Waals surface area contributed by atoms with E-state index in [1.807, 2.05) is 0 Å². The van der Waals surface area contributed by atoms with Crippen molar-refractivity contribution in [3.63, 3.8) is 0 Å². The molecule has 0 saturated heterocycles. The number of fused-ring (bicyclic) bond motifs is 2. The Bertz CT molecular complexity index is 375. The molecule has 0 bridgehead atoms. The van der Waals surface area contributed by atoms with E-state index in [-0.39, 0.29) is 0 Å². The summed E-state index contributed by atoms with van der Waals surface area (Å²) in [6, 6.07) is 0. The lowest BCUT2D eigenvalue weighted by Gasteiger charge is -2.60. The Kier molecular flexibility index (Phi) is 5.67. The third-order valence-electron chi connectivity index (χ3n) is 10.1. The minimum absolute atomic E-state index is 1.13. The highest BCUT2D eigenvalue weighted by Crippen LogP contribution is 2.61. The van der Waals surface area contributed by atoms with Gasteiger partial charge in [-0.1, -0.05) is 89.9 Å². The fourth-order valence-corrected chi connectivity index (χ4v) is 9.36. The highest BCUT2D eigenvalue weighted by atomic mass is 14.6. The Labute approximate surface area is 163 Å². The Morgan fingerprint density at radius 3 is 0.846 bits per heavy atom. The van der Waals surface area contributed by atoms with E-state index in [9.17, 15) is 0 Å². The Hall–Kier alpha value is 0. The first kappa shape index (κ1) is 18.1. The largest absolute Gasteiger partial charge is 0.0533 e. The Morgan fingerprint density at radius 1 is 0.269 bits per heavy atom. The van der Waals surface area contributed by atoms with Crippen LogP contribution >= 0.6 is 0 Å². The third-order valence-corrected chi connectivity index (χ3v) is 10.1. The zero-order chi connectivity index (χ0) is 17.3. The second-order valence-electron chi connectivity index (χ2n) is 11.2. The summed E-state index contributed by atoms with van der Waals surface area (Å²) in [4.78, 5) is 0. The van der Waals surface area contributed by atoms with Crippen LogP contribution in [-0.2, 0) is 0 Å². The van der Waals surface area contributed by atoms with Crippen molar-refractivity contribution in [3.05, 3.63) is 0 Å². The van der Waals surface area contributed by atoms with E-state index >= 15 is 0 Å². The second-order valence-corrected chi connectivity index (χ2v) is 11.2. The molecule has 5 aliphatic carbocycles. The van der Waals surface area contributed by atoms with Gasteiger partial charge in [-0.05, 0) is 73.0 Å². The molecule has 4 atom stereocenters. The summed E-state index contributed by atoms with van der Waals surface area (Å²) in [5.74, 6) is 9.18. The van der Waals surface area contributed by atoms with Crippen molar-refractivity contribution in [2.75, 3.05) is 0 Å². The first-order valence-corrected chi connectivity index (χ1v) is 12.9. The normalized spacial score (nSPS) is 45.7. The van der Waals surface area contributed by atoms with Crippen LogP contribution in [0.1, 0.15) is 116 Å². The molecule has 5 saturated carbocycles. The Balaban J connectivity index is 1.46. The maximum atomic E-state index is 1.62. The molecule has 0 radical (unpaired) electrons. The van der Waals surface area contributed by atoms with Gasteiger partial charge >= 0.3 is 0 Å². The van der Waals surface area contributed by atoms with Crippen LogP contribution in [0.5, 0.6) is 0 Å². The van der Waals surface area contributed by atoms with Gasteiger partial charge in [0.15, 0.2) is 0 Å². The van der Waals surface area contributed by atoms with Crippen LogP contribution in [-0.4, -0.2) is 0 Å². The van der Waals surface area contributed by atoms with Gasteiger partial charge in [0.05, 0.1) is 0 Å². The molecule has 4 unspecified atom stereocenters. The van der Waals surface area contributed by atoms with Crippen LogP contribution in [0.4, 0.5) is 0 Å². The van der Waals surface area contributed by atoms with Gasteiger partial charge in [0.25, 0.3) is 0 Å². The molecule has 5 aliphatic rings. The summed E-state index contributed by atoms with van der Waals surface area (Å²) < 4.78 is 0. The van der Waals surface area contributed by atoms with Gasteiger partial charge in [-0.15, -0.1) is 0 Å². The van der Waals surface area contributed by atoms with Gasteiger partial charge in [-0.25, -0.2) is 0 Å². The highest BCUT2D eigenvalue weighted by molar-refractivity contribution is 5.03. The predicted octanol–water partition coefficient (Wildman–Crippen LogP) is 8.01. The number of hydrogen-bond acceptors (Lipinski definition) is 0. The first-order chi connectivity index (χ1) is 12.9. The summed E-state index contributed by atoms with van der Waals surface area (Å²) >= 11 is 0. The molecule has 0 amide bonds. The maximum absolute atomic E-state index is 1.62. The molecular formula is C26H44. The van der Waals surface area contributed by atoms with Crippen molar-refractivity contribution < 1.29 is 0 Å². The fourth-order valence-electron chi connectivity index (χ4n) is 9.36. The monoisotopic (exact) mass is 356 g/mol. The van der Waals surface area contributed by atoms with Crippen molar-refractivity contribution in [2.45, 2.75) is 116 Å². The van der Waals surface area contributed by atoms with Gasteiger partial charge in [-0.2, -0.15) is 0 Å².